The Morgan fingerprint density at radius 1 is 1.10 bits per heavy atom. The summed E-state index contributed by atoms with van der Waals surface area (Å²) in [6.07, 6.45) is 5.12. The monoisotopic (exact) mass is 275 g/mol. The van der Waals surface area contributed by atoms with Crippen molar-refractivity contribution in [2.24, 2.45) is 5.92 Å². The lowest BCUT2D eigenvalue weighted by Gasteiger charge is -2.31. The van der Waals surface area contributed by atoms with Gasteiger partial charge in [0.15, 0.2) is 11.5 Å². The fourth-order valence-electron chi connectivity index (χ4n) is 3.59. The van der Waals surface area contributed by atoms with Crippen molar-refractivity contribution in [3.8, 4) is 11.5 Å². The highest BCUT2D eigenvalue weighted by Gasteiger charge is 2.33. The van der Waals surface area contributed by atoms with Gasteiger partial charge in [0.25, 0.3) is 5.91 Å². The number of amides is 1. The van der Waals surface area contributed by atoms with E-state index in [4.69, 9.17) is 9.47 Å². The van der Waals surface area contributed by atoms with E-state index in [-0.39, 0.29) is 5.91 Å². The second-order valence-corrected chi connectivity index (χ2v) is 5.66. The van der Waals surface area contributed by atoms with E-state index in [0.29, 0.717) is 23.3 Å². The highest BCUT2D eigenvalue weighted by Crippen LogP contribution is 2.42. The van der Waals surface area contributed by atoms with Crippen LogP contribution in [0.25, 0.3) is 0 Å². The minimum atomic E-state index is -0.00444. The predicted molar refractivity (Wildman–Crippen MR) is 76.6 cm³/mol. The summed E-state index contributed by atoms with van der Waals surface area (Å²) < 4.78 is 10.7. The van der Waals surface area contributed by atoms with Crippen LogP contribution in [-0.2, 0) is 0 Å². The van der Waals surface area contributed by atoms with Crippen LogP contribution >= 0.6 is 0 Å². The average Bonchev–Trinajstić information content (AvgIpc) is 3.00. The number of hydrogen-bond acceptors (Lipinski definition) is 3. The van der Waals surface area contributed by atoms with Crippen LogP contribution in [0.1, 0.15) is 47.5 Å². The number of rotatable bonds is 3. The summed E-state index contributed by atoms with van der Waals surface area (Å²) in [6.45, 7) is 0.742. The van der Waals surface area contributed by atoms with Crippen LogP contribution in [0, 0.1) is 5.92 Å². The molecule has 1 aliphatic heterocycles. The number of benzene rings is 1. The van der Waals surface area contributed by atoms with Crippen molar-refractivity contribution in [2.45, 2.75) is 31.6 Å². The molecule has 0 radical (unpaired) electrons. The summed E-state index contributed by atoms with van der Waals surface area (Å²) in [4.78, 5) is 12.1. The van der Waals surface area contributed by atoms with Crippen molar-refractivity contribution in [2.75, 3.05) is 20.8 Å². The third-order valence-corrected chi connectivity index (χ3v) is 4.65. The van der Waals surface area contributed by atoms with Crippen molar-refractivity contribution < 1.29 is 14.3 Å². The first-order valence-electron chi connectivity index (χ1n) is 7.28. The second kappa shape index (κ2) is 5.35. The molecule has 2 aliphatic rings. The van der Waals surface area contributed by atoms with Gasteiger partial charge in [0.2, 0.25) is 0 Å². The molecule has 1 unspecified atom stereocenters. The third kappa shape index (κ3) is 2.13. The molecule has 1 saturated carbocycles. The van der Waals surface area contributed by atoms with E-state index in [0.717, 1.165) is 17.7 Å². The molecule has 4 nitrogen and oxygen atoms in total. The lowest BCUT2D eigenvalue weighted by molar-refractivity contribution is 0.0934. The average molecular weight is 275 g/mol. The SMILES string of the molecule is COc1cc2c(cc1OC)C(C1CCCC1)CNC2=O. The van der Waals surface area contributed by atoms with E-state index in [1.54, 1.807) is 14.2 Å². The fourth-order valence-corrected chi connectivity index (χ4v) is 3.59. The van der Waals surface area contributed by atoms with Crippen LogP contribution in [0.3, 0.4) is 0 Å². The number of methoxy groups -OCH3 is 2. The molecule has 0 bridgehead atoms. The standard InChI is InChI=1S/C16H21NO3/c1-19-14-7-11-12(8-15(14)20-2)16(18)17-9-13(11)10-5-3-4-6-10/h7-8,10,13H,3-6,9H2,1-2H3,(H,17,18). The summed E-state index contributed by atoms with van der Waals surface area (Å²) in [5.74, 6) is 2.41. The number of fused-ring (bicyclic) bond motifs is 1. The van der Waals surface area contributed by atoms with Gasteiger partial charge in [-0.1, -0.05) is 12.8 Å². The van der Waals surface area contributed by atoms with Crippen molar-refractivity contribution in [1.82, 2.24) is 5.32 Å². The number of nitrogens with one attached hydrogen (secondary N) is 1. The molecule has 1 N–H and O–H groups in total. The smallest absolute Gasteiger partial charge is 0.251 e. The maximum atomic E-state index is 12.1. The first-order valence-corrected chi connectivity index (χ1v) is 7.28. The summed E-state index contributed by atoms with van der Waals surface area (Å²) >= 11 is 0. The van der Waals surface area contributed by atoms with E-state index in [2.05, 4.69) is 5.32 Å². The zero-order valence-corrected chi connectivity index (χ0v) is 12.1. The number of carbonyl (C=O) groups is 1. The Labute approximate surface area is 119 Å². The minimum Gasteiger partial charge on any atom is -0.493 e. The van der Waals surface area contributed by atoms with Gasteiger partial charge >= 0.3 is 0 Å². The van der Waals surface area contributed by atoms with Crippen LogP contribution in [-0.4, -0.2) is 26.7 Å². The maximum absolute atomic E-state index is 12.1. The first-order chi connectivity index (χ1) is 9.74. The number of hydrogen-bond donors (Lipinski definition) is 1. The molecule has 1 aliphatic carbocycles. The molecular formula is C16H21NO3. The Kier molecular flexibility index (Phi) is 3.55. The normalized spacial score (nSPS) is 22.3. The molecule has 1 atom stereocenters. The Balaban J connectivity index is 2.05. The number of ether oxygens (including phenoxy) is 2. The first kappa shape index (κ1) is 13.3. The van der Waals surface area contributed by atoms with Gasteiger partial charge in [-0.05, 0) is 36.5 Å². The molecule has 0 saturated heterocycles. The zero-order chi connectivity index (χ0) is 14.1. The van der Waals surface area contributed by atoms with Crippen molar-refractivity contribution >= 4 is 5.91 Å². The van der Waals surface area contributed by atoms with Gasteiger partial charge in [0.05, 0.1) is 14.2 Å². The highest BCUT2D eigenvalue weighted by molar-refractivity contribution is 5.98. The number of carbonyl (C=O) groups excluding carboxylic acids is 1. The van der Waals surface area contributed by atoms with Gasteiger partial charge in [-0.2, -0.15) is 0 Å². The fraction of sp³-hybridized carbons (Fsp3) is 0.562. The molecule has 3 rings (SSSR count). The van der Waals surface area contributed by atoms with Crippen LogP contribution in [0.15, 0.2) is 12.1 Å². The molecule has 1 aromatic rings. The minimum absolute atomic E-state index is 0.00444. The van der Waals surface area contributed by atoms with Gasteiger partial charge < -0.3 is 14.8 Å². The molecule has 4 heteroatoms. The Morgan fingerprint density at radius 3 is 2.40 bits per heavy atom. The van der Waals surface area contributed by atoms with Crippen molar-refractivity contribution in [3.63, 3.8) is 0 Å². The molecule has 1 amide bonds. The van der Waals surface area contributed by atoms with E-state index in [1.807, 2.05) is 12.1 Å². The largest absolute Gasteiger partial charge is 0.493 e. The quantitative estimate of drug-likeness (QED) is 0.922. The summed E-state index contributed by atoms with van der Waals surface area (Å²) in [7, 11) is 3.23. The van der Waals surface area contributed by atoms with E-state index in [1.165, 1.54) is 25.7 Å². The molecular weight excluding hydrogens is 254 g/mol. The van der Waals surface area contributed by atoms with Crippen LogP contribution in [0.2, 0.25) is 0 Å². The molecule has 1 fully saturated rings. The molecule has 1 heterocycles. The van der Waals surface area contributed by atoms with Crippen LogP contribution in [0.5, 0.6) is 11.5 Å². The topological polar surface area (TPSA) is 47.6 Å². The van der Waals surface area contributed by atoms with Gasteiger partial charge in [0.1, 0.15) is 0 Å². The predicted octanol–water partition coefficient (Wildman–Crippen LogP) is 2.72. The lowest BCUT2D eigenvalue weighted by Crippen LogP contribution is -2.37. The second-order valence-electron chi connectivity index (χ2n) is 5.66. The Hall–Kier alpha value is -1.71. The summed E-state index contributed by atoms with van der Waals surface area (Å²) in [5.41, 5.74) is 1.86. The molecule has 20 heavy (non-hydrogen) atoms. The van der Waals surface area contributed by atoms with Crippen molar-refractivity contribution in [3.05, 3.63) is 23.3 Å². The summed E-state index contributed by atoms with van der Waals surface area (Å²) in [6, 6.07) is 3.81. The maximum Gasteiger partial charge on any atom is 0.251 e. The van der Waals surface area contributed by atoms with Gasteiger partial charge in [-0.25, -0.2) is 0 Å². The van der Waals surface area contributed by atoms with E-state index in [9.17, 15) is 4.79 Å². The van der Waals surface area contributed by atoms with Gasteiger partial charge in [-0.3, -0.25) is 4.79 Å². The van der Waals surface area contributed by atoms with Crippen LogP contribution in [0.4, 0.5) is 0 Å². The molecule has 0 aromatic heterocycles. The van der Waals surface area contributed by atoms with Crippen molar-refractivity contribution in [1.29, 1.82) is 0 Å². The van der Waals surface area contributed by atoms with Gasteiger partial charge in [-0.15, -0.1) is 0 Å². The molecule has 108 valence electrons. The Morgan fingerprint density at radius 2 is 1.75 bits per heavy atom. The van der Waals surface area contributed by atoms with Crippen LogP contribution < -0.4 is 14.8 Å². The zero-order valence-electron chi connectivity index (χ0n) is 12.1. The molecule has 1 aromatic carbocycles. The third-order valence-electron chi connectivity index (χ3n) is 4.65. The highest BCUT2D eigenvalue weighted by atomic mass is 16.5. The van der Waals surface area contributed by atoms with E-state index < -0.39 is 0 Å². The lowest BCUT2D eigenvalue weighted by atomic mass is 9.80. The Bertz CT molecular complexity index is 521. The molecule has 0 spiro atoms. The van der Waals surface area contributed by atoms with Gasteiger partial charge in [0, 0.05) is 18.0 Å². The summed E-state index contributed by atoms with van der Waals surface area (Å²) in [5, 5.41) is 3.02. The van der Waals surface area contributed by atoms with E-state index >= 15 is 0 Å².